The number of nitro groups is 1. The fourth-order valence-electron chi connectivity index (χ4n) is 2.38. The predicted octanol–water partition coefficient (Wildman–Crippen LogP) is 2.75. The van der Waals surface area contributed by atoms with Crippen LogP contribution in [0, 0.1) is 21.7 Å². The molecular weight excluding hydrogens is 329 g/mol. The number of nitrogens with zero attached hydrogens (tertiary/aromatic N) is 2. The van der Waals surface area contributed by atoms with Crippen LogP contribution in [-0.2, 0) is 10.3 Å². The molecule has 0 saturated heterocycles. The molecule has 11 heteroatoms. The molecule has 0 radical (unpaired) electrons. The van der Waals surface area contributed by atoms with Crippen molar-refractivity contribution in [3.63, 3.8) is 0 Å². The van der Waals surface area contributed by atoms with Crippen molar-refractivity contribution in [1.29, 1.82) is 0 Å². The predicted molar refractivity (Wildman–Crippen MR) is 67.5 cm³/mol. The number of rotatable bonds is 2. The number of benzene rings is 1. The smallest absolute Gasteiger partial charge is 0.425 e. The highest BCUT2D eigenvalue weighted by molar-refractivity contribution is 5.73. The van der Waals surface area contributed by atoms with E-state index in [9.17, 15) is 32.1 Å². The van der Waals surface area contributed by atoms with Gasteiger partial charge < -0.3 is 10.5 Å². The number of alkyl halides is 3. The van der Waals surface area contributed by atoms with Crippen LogP contribution in [0.25, 0.3) is 0 Å². The van der Waals surface area contributed by atoms with Crippen LogP contribution in [-0.4, -0.2) is 23.2 Å². The highest BCUT2D eigenvalue weighted by Gasteiger charge is 2.51. The van der Waals surface area contributed by atoms with Crippen molar-refractivity contribution in [3.8, 4) is 0 Å². The van der Waals surface area contributed by atoms with Crippen molar-refractivity contribution in [2.45, 2.75) is 31.2 Å². The van der Waals surface area contributed by atoms with Gasteiger partial charge in [0.15, 0.2) is 6.10 Å². The molecule has 0 fully saturated rings. The van der Waals surface area contributed by atoms with Gasteiger partial charge in [0.1, 0.15) is 5.82 Å². The number of hydrogen-bond acceptors (Lipinski definition) is 5. The topological polar surface area (TPSA) is 90.8 Å². The van der Waals surface area contributed by atoms with E-state index in [1.165, 1.54) is 0 Å². The number of amidine groups is 1. The number of ether oxygens (including phenoxy) is 1. The van der Waals surface area contributed by atoms with Gasteiger partial charge in [-0.25, -0.2) is 9.38 Å². The Labute approximate surface area is 125 Å². The lowest BCUT2D eigenvalue weighted by molar-refractivity contribution is -0.387. The van der Waals surface area contributed by atoms with Crippen molar-refractivity contribution in [2.75, 3.05) is 0 Å². The van der Waals surface area contributed by atoms with E-state index in [0.717, 1.165) is 6.92 Å². The summed E-state index contributed by atoms with van der Waals surface area (Å²) in [5, 5.41) is 10.7. The molecule has 23 heavy (non-hydrogen) atoms. The number of hydrogen-bond donors (Lipinski definition) is 1. The Kier molecular flexibility index (Phi) is 3.91. The van der Waals surface area contributed by atoms with Gasteiger partial charge in [-0.15, -0.1) is 0 Å². The SMILES string of the molecule is C[C@@]1(c2c(F)ccc([N+](=O)[O-])c2F)C[C@@H](C(F)(F)F)OC(N)=N1. The molecule has 0 saturated carbocycles. The summed E-state index contributed by atoms with van der Waals surface area (Å²) < 4.78 is 71.1. The van der Waals surface area contributed by atoms with Crippen LogP contribution in [0.4, 0.5) is 27.6 Å². The van der Waals surface area contributed by atoms with E-state index >= 15 is 0 Å². The summed E-state index contributed by atoms with van der Waals surface area (Å²) in [6.07, 6.45) is -8.27. The fourth-order valence-corrected chi connectivity index (χ4v) is 2.38. The summed E-state index contributed by atoms with van der Waals surface area (Å²) in [4.78, 5) is 13.2. The molecule has 1 aromatic rings. The van der Waals surface area contributed by atoms with Gasteiger partial charge >= 0.3 is 11.9 Å². The molecule has 2 N–H and O–H groups in total. The van der Waals surface area contributed by atoms with Crippen molar-refractivity contribution in [1.82, 2.24) is 0 Å². The largest absolute Gasteiger partial charge is 0.452 e. The first-order valence-corrected chi connectivity index (χ1v) is 6.17. The Morgan fingerprint density at radius 3 is 2.57 bits per heavy atom. The third-order valence-electron chi connectivity index (χ3n) is 3.37. The maximum atomic E-state index is 14.3. The summed E-state index contributed by atoms with van der Waals surface area (Å²) in [6, 6.07) is 0.253. The van der Waals surface area contributed by atoms with E-state index in [4.69, 9.17) is 5.73 Å². The van der Waals surface area contributed by atoms with Crippen LogP contribution >= 0.6 is 0 Å². The first-order valence-electron chi connectivity index (χ1n) is 6.17. The second-order valence-corrected chi connectivity index (χ2v) is 5.09. The number of nitro benzene ring substituents is 1. The zero-order valence-electron chi connectivity index (χ0n) is 11.5. The maximum Gasteiger partial charge on any atom is 0.425 e. The monoisotopic (exact) mass is 339 g/mol. The molecule has 0 aromatic heterocycles. The highest BCUT2D eigenvalue weighted by Crippen LogP contribution is 2.42. The van der Waals surface area contributed by atoms with Crippen LogP contribution < -0.4 is 5.73 Å². The molecule has 0 unspecified atom stereocenters. The Morgan fingerprint density at radius 1 is 1.43 bits per heavy atom. The van der Waals surface area contributed by atoms with E-state index in [2.05, 4.69) is 9.73 Å². The van der Waals surface area contributed by atoms with Gasteiger partial charge in [-0.1, -0.05) is 0 Å². The Morgan fingerprint density at radius 2 is 2.04 bits per heavy atom. The average Bonchev–Trinajstić information content (AvgIpc) is 2.35. The van der Waals surface area contributed by atoms with Gasteiger partial charge in [0, 0.05) is 12.5 Å². The van der Waals surface area contributed by atoms with E-state index < -0.39 is 58.1 Å². The highest BCUT2D eigenvalue weighted by atomic mass is 19.4. The Hall–Kier alpha value is -2.46. The molecule has 2 rings (SSSR count). The molecule has 126 valence electrons. The third kappa shape index (κ3) is 3.03. The Bertz CT molecular complexity index is 691. The van der Waals surface area contributed by atoms with Gasteiger partial charge in [-0.3, -0.25) is 10.1 Å². The summed E-state index contributed by atoms with van der Waals surface area (Å²) in [6.45, 7) is 0.992. The van der Waals surface area contributed by atoms with E-state index in [-0.39, 0.29) is 0 Å². The second-order valence-electron chi connectivity index (χ2n) is 5.09. The molecule has 6 nitrogen and oxygen atoms in total. The Balaban J connectivity index is 2.62. The lowest BCUT2D eigenvalue weighted by atomic mass is 9.85. The molecule has 0 aliphatic carbocycles. The standard InChI is InChI=1S/C12H10F5N3O3/c1-11(4-7(12(15,16)17)23-10(18)19-11)8-5(13)2-3-6(9(8)14)20(21)22/h2-3,7H,4H2,1H3,(H2,18,19)/t7-,11-/m0/s1. The molecule has 1 heterocycles. The molecular formula is C12H10F5N3O3. The zero-order valence-corrected chi connectivity index (χ0v) is 11.5. The average molecular weight is 339 g/mol. The van der Waals surface area contributed by atoms with Crippen molar-refractivity contribution in [2.24, 2.45) is 10.7 Å². The lowest BCUT2D eigenvalue weighted by Gasteiger charge is -2.35. The van der Waals surface area contributed by atoms with Gasteiger partial charge in [0.2, 0.25) is 5.82 Å². The van der Waals surface area contributed by atoms with Crippen LogP contribution in [0.3, 0.4) is 0 Å². The van der Waals surface area contributed by atoms with Gasteiger partial charge in [0.25, 0.3) is 6.02 Å². The maximum absolute atomic E-state index is 14.3. The summed E-state index contributed by atoms with van der Waals surface area (Å²) in [5.41, 5.74) is 1.03. The molecule has 0 bridgehead atoms. The van der Waals surface area contributed by atoms with E-state index in [0.29, 0.717) is 12.1 Å². The molecule has 2 atom stereocenters. The first kappa shape index (κ1) is 16.9. The summed E-state index contributed by atoms with van der Waals surface area (Å²) in [7, 11) is 0. The number of aliphatic imine (C=N–C) groups is 1. The molecule has 0 amide bonds. The normalized spacial score (nSPS) is 24.8. The van der Waals surface area contributed by atoms with Crippen LogP contribution in [0.15, 0.2) is 17.1 Å². The zero-order chi connectivity index (χ0) is 17.6. The fraction of sp³-hybridized carbons (Fsp3) is 0.417. The van der Waals surface area contributed by atoms with E-state index in [1.807, 2.05) is 0 Å². The molecule has 1 aliphatic rings. The minimum absolute atomic E-state index is 0.575. The summed E-state index contributed by atoms with van der Waals surface area (Å²) in [5.74, 6) is -2.87. The van der Waals surface area contributed by atoms with Crippen LogP contribution in [0.5, 0.6) is 0 Å². The molecule has 0 spiro atoms. The van der Waals surface area contributed by atoms with Crippen molar-refractivity contribution >= 4 is 11.7 Å². The summed E-state index contributed by atoms with van der Waals surface area (Å²) >= 11 is 0. The minimum Gasteiger partial charge on any atom is -0.452 e. The molecule has 1 aromatic carbocycles. The number of halogens is 5. The van der Waals surface area contributed by atoms with Gasteiger partial charge in [0.05, 0.1) is 16.0 Å². The third-order valence-corrected chi connectivity index (χ3v) is 3.37. The van der Waals surface area contributed by atoms with Crippen molar-refractivity contribution < 1.29 is 31.6 Å². The minimum atomic E-state index is -4.85. The van der Waals surface area contributed by atoms with Crippen molar-refractivity contribution in [3.05, 3.63) is 39.4 Å². The van der Waals surface area contributed by atoms with Gasteiger partial charge in [-0.05, 0) is 13.0 Å². The van der Waals surface area contributed by atoms with Crippen LogP contribution in [0.1, 0.15) is 18.9 Å². The van der Waals surface area contributed by atoms with Crippen LogP contribution in [0.2, 0.25) is 0 Å². The van der Waals surface area contributed by atoms with Gasteiger partial charge in [-0.2, -0.15) is 17.6 Å². The quantitative estimate of drug-likeness (QED) is 0.509. The number of nitrogens with two attached hydrogens (primary N) is 1. The molecule has 1 aliphatic heterocycles. The van der Waals surface area contributed by atoms with E-state index in [1.54, 1.807) is 0 Å². The lowest BCUT2D eigenvalue weighted by Crippen LogP contribution is -2.46. The first-order chi connectivity index (χ1) is 10.5. The second kappa shape index (κ2) is 5.32.